The molecule has 0 spiro atoms. The highest BCUT2D eigenvalue weighted by Gasteiger charge is 2.32. The molecular weight excluding hydrogens is 295 g/mol. The van der Waals surface area contributed by atoms with Crippen LogP contribution in [0.4, 0.5) is 18.9 Å². The van der Waals surface area contributed by atoms with Crippen molar-refractivity contribution in [1.29, 1.82) is 0 Å². The van der Waals surface area contributed by atoms with Crippen molar-refractivity contribution in [2.45, 2.75) is 19.5 Å². The topological polar surface area (TPSA) is 71.1 Å². The molecule has 114 valence electrons. The van der Waals surface area contributed by atoms with Crippen LogP contribution in [0.15, 0.2) is 18.3 Å². The normalized spacial score (nSPS) is 12.4. The molecule has 0 aliphatic rings. The van der Waals surface area contributed by atoms with Crippen molar-refractivity contribution in [3.8, 4) is 0 Å². The van der Waals surface area contributed by atoms with E-state index in [1.54, 1.807) is 0 Å². The smallest absolute Gasteiger partial charge is 0.316 e. The lowest BCUT2D eigenvalue weighted by Crippen LogP contribution is -2.27. The van der Waals surface area contributed by atoms with Gasteiger partial charge in [0.25, 0.3) is 0 Å². The van der Waals surface area contributed by atoms with Gasteiger partial charge in [0, 0.05) is 6.54 Å². The van der Waals surface area contributed by atoms with Crippen molar-refractivity contribution >= 4 is 15.7 Å². The van der Waals surface area contributed by atoms with Crippen molar-refractivity contribution in [2.75, 3.05) is 23.6 Å². The van der Waals surface area contributed by atoms with Gasteiger partial charge < -0.3 is 5.32 Å². The molecule has 1 aromatic rings. The molecule has 0 aliphatic carbocycles. The SMILES string of the molecule is CCCNCCS(=O)(=O)Nc1ccc(C(F)(F)F)nc1. The Morgan fingerprint density at radius 1 is 1.25 bits per heavy atom. The first-order valence-corrected chi connectivity index (χ1v) is 7.64. The van der Waals surface area contributed by atoms with Crippen molar-refractivity contribution in [3.05, 3.63) is 24.0 Å². The zero-order valence-electron chi connectivity index (χ0n) is 10.9. The molecule has 1 heterocycles. The van der Waals surface area contributed by atoms with Crippen LogP contribution in [-0.2, 0) is 16.2 Å². The summed E-state index contributed by atoms with van der Waals surface area (Å²) in [5.74, 6) is -0.159. The Kier molecular flexibility index (Phi) is 5.75. The van der Waals surface area contributed by atoms with Gasteiger partial charge in [0.1, 0.15) is 5.69 Å². The predicted octanol–water partition coefficient (Wildman–Crippen LogP) is 1.84. The zero-order valence-corrected chi connectivity index (χ0v) is 11.7. The van der Waals surface area contributed by atoms with Crippen LogP contribution in [0.25, 0.3) is 0 Å². The summed E-state index contributed by atoms with van der Waals surface area (Å²) in [6.45, 7) is 2.93. The highest BCUT2D eigenvalue weighted by molar-refractivity contribution is 7.92. The molecule has 0 atom stereocenters. The number of rotatable bonds is 7. The fourth-order valence-electron chi connectivity index (χ4n) is 1.36. The number of aromatic nitrogens is 1. The number of sulfonamides is 1. The minimum atomic E-state index is -4.54. The number of hydrogen-bond donors (Lipinski definition) is 2. The van der Waals surface area contributed by atoms with Gasteiger partial charge in [-0.3, -0.25) is 4.72 Å². The summed E-state index contributed by atoms with van der Waals surface area (Å²) in [4.78, 5) is 3.18. The van der Waals surface area contributed by atoms with E-state index >= 15 is 0 Å². The van der Waals surface area contributed by atoms with Crippen molar-refractivity contribution in [1.82, 2.24) is 10.3 Å². The molecule has 9 heteroatoms. The standard InChI is InChI=1S/C11H16F3N3O2S/c1-2-5-15-6-7-20(18,19)17-9-3-4-10(16-8-9)11(12,13)14/h3-4,8,15,17H,2,5-7H2,1H3. The number of nitrogens with one attached hydrogen (secondary N) is 2. The van der Waals surface area contributed by atoms with Crippen LogP contribution in [0, 0.1) is 0 Å². The van der Waals surface area contributed by atoms with Gasteiger partial charge in [-0.25, -0.2) is 13.4 Å². The van der Waals surface area contributed by atoms with Gasteiger partial charge in [-0.2, -0.15) is 13.2 Å². The van der Waals surface area contributed by atoms with E-state index in [0.717, 1.165) is 24.8 Å². The largest absolute Gasteiger partial charge is 0.433 e. The maximum absolute atomic E-state index is 12.3. The Morgan fingerprint density at radius 2 is 1.95 bits per heavy atom. The molecular formula is C11H16F3N3O2S. The Hall–Kier alpha value is -1.35. The number of pyridine rings is 1. The second kappa shape index (κ2) is 6.89. The summed E-state index contributed by atoms with van der Waals surface area (Å²) in [5.41, 5.74) is -1.06. The van der Waals surface area contributed by atoms with E-state index in [-0.39, 0.29) is 18.0 Å². The Morgan fingerprint density at radius 3 is 2.45 bits per heavy atom. The molecule has 0 fully saturated rings. The number of hydrogen-bond acceptors (Lipinski definition) is 4. The van der Waals surface area contributed by atoms with E-state index in [1.807, 2.05) is 6.92 Å². The van der Waals surface area contributed by atoms with Crippen LogP contribution in [0.5, 0.6) is 0 Å². The lowest BCUT2D eigenvalue weighted by atomic mass is 10.3. The molecule has 0 saturated heterocycles. The van der Waals surface area contributed by atoms with Crippen molar-refractivity contribution in [3.63, 3.8) is 0 Å². The molecule has 0 aromatic carbocycles. The maximum atomic E-state index is 12.3. The number of anilines is 1. The highest BCUT2D eigenvalue weighted by atomic mass is 32.2. The molecule has 1 aromatic heterocycles. The second-order valence-corrected chi connectivity index (χ2v) is 5.94. The summed E-state index contributed by atoms with van der Waals surface area (Å²) in [5, 5.41) is 2.92. The average molecular weight is 311 g/mol. The van der Waals surface area contributed by atoms with Crippen LogP contribution in [0.1, 0.15) is 19.0 Å². The lowest BCUT2D eigenvalue weighted by molar-refractivity contribution is -0.141. The highest BCUT2D eigenvalue weighted by Crippen LogP contribution is 2.27. The molecule has 5 nitrogen and oxygen atoms in total. The number of halogens is 3. The van der Waals surface area contributed by atoms with Gasteiger partial charge in [-0.1, -0.05) is 6.92 Å². The monoisotopic (exact) mass is 311 g/mol. The molecule has 2 N–H and O–H groups in total. The predicted molar refractivity (Wildman–Crippen MR) is 69.8 cm³/mol. The number of alkyl halides is 3. The Labute approximate surface area is 115 Å². The third kappa shape index (κ3) is 5.74. The third-order valence-electron chi connectivity index (χ3n) is 2.30. The van der Waals surface area contributed by atoms with Crippen LogP contribution in [0.2, 0.25) is 0 Å². The van der Waals surface area contributed by atoms with Crippen LogP contribution < -0.4 is 10.0 Å². The number of nitrogens with zero attached hydrogens (tertiary/aromatic N) is 1. The minimum absolute atomic E-state index is 0.00786. The Balaban J connectivity index is 2.59. The molecule has 0 unspecified atom stereocenters. The molecule has 1 rings (SSSR count). The Bertz CT molecular complexity index is 515. The van der Waals surface area contributed by atoms with Gasteiger partial charge in [0.15, 0.2) is 0 Å². The van der Waals surface area contributed by atoms with Crippen LogP contribution >= 0.6 is 0 Å². The summed E-state index contributed by atoms with van der Waals surface area (Å²) >= 11 is 0. The lowest BCUT2D eigenvalue weighted by Gasteiger charge is -2.09. The van der Waals surface area contributed by atoms with Gasteiger partial charge in [0.05, 0.1) is 17.6 Å². The van der Waals surface area contributed by atoms with E-state index in [0.29, 0.717) is 6.54 Å². The first-order valence-electron chi connectivity index (χ1n) is 5.99. The summed E-state index contributed by atoms with van der Waals surface area (Å²) in [7, 11) is -3.60. The van der Waals surface area contributed by atoms with E-state index in [4.69, 9.17) is 0 Å². The van der Waals surface area contributed by atoms with Crippen molar-refractivity contribution in [2.24, 2.45) is 0 Å². The van der Waals surface area contributed by atoms with Crippen LogP contribution in [-0.4, -0.2) is 32.2 Å². The molecule has 0 saturated carbocycles. The van der Waals surface area contributed by atoms with Gasteiger partial charge >= 0.3 is 6.18 Å². The van der Waals surface area contributed by atoms with E-state index in [2.05, 4.69) is 15.0 Å². The third-order valence-corrected chi connectivity index (χ3v) is 3.59. The first-order chi connectivity index (χ1) is 9.24. The van der Waals surface area contributed by atoms with Crippen molar-refractivity contribution < 1.29 is 21.6 Å². The summed E-state index contributed by atoms with van der Waals surface area (Å²) in [6, 6.07) is 1.76. The first kappa shape index (κ1) is 16.7. The summed E-state index contributed by atoms with van der Waals surface area (Å²) < 4.78 is 62.3. The van der Waals surface area contributed by atoms with Crippen LogP contribution in [0.3, 0.4) is 0 Å². The maximum Gasteiger partial charge on any atom is 0.433 e. The average Bonchev–Trinajstić information content (AvgIpc) is 2.34. The van der Waals surface area contributed by atoms with Gasteiger partial charge in [0.2, 0.25) is 10.0 Å². The van der Waals surface area contributed by atoms with E-state index in [9.17, 15) is 21.6 Å². The molecule has 0 amide bonds. The fourth-order valence-corrected chi connectivity index (χ4v) is 2.36. The van der Waals surface area contributed by atoms with Gasteiger partial charge in [-0.15, -0.1) is 0 Å². The minimum Gasteiger partial charge on any atom is -0.316 e. The summed E-state index contributed by atoms with van der Waals surface area (Å²) in [6.07, 6.45) is -2.81. The molecule has 0 bridgehead atoms. The second-order valence-electron chi connectivity index (χ2n) is 4.10. The molecule has 0 radical (unpaired) electrons. The van der Waals surface area contributed by atoms with E-state index < -0.39 is 21.9 Å². The quantitative estimate of drug-likeness (QED) is 0.754. The van der Waals surface area contributed by atoms with Gasteiger partial charge in [-0.05, 0) is 25.1 Å². The van der Waals surface area contributed by atoms with E-state index in [1.165, 1.54) is 0 Å². The fraction of sp³-hybridized carbons (Fsp3) is 0.545. The molecule has 20 heavy (non-hydrogen) atoms. The molecule has 0 aliphatic heterocycles. The zero-order chi connectivity index (χ0) is 15.2.